The first kappa shape index (κ1) is 10.9. The number of H-pyrrole nitrogens is 1. The molecule has 0 radical (unpaired) electrons. The zero-order valence-corrected chi connectivity index (χ0v) is 9.49. The first-order valence-electron chi connectivity index (χ1n) is 5.28. The van der Waals surface area contributed by atoms with Gasteiger partial charge >= 0.3 is 0 Å². The van der Waals surface area contributed by atoms with Gasteiger partial charge in [0.2, 0.25) is 11.8 Å². The topological polar surface area (TPSA) is 66.1 Å². The molecule has 0 bridgehead atoms. The average molecular weight is 221 g/mol. The Morgan fingerprint density at radius 1 is 1.38 bits per heavy atom. The molecule has 1 aliphatic rings. The number of amides is 2. The third-order valence-corrected chi connectivity index (χ3v) is 2.74. The first-order valence-corrected chi connectivity index (χ1v) is 5.28. The van der Waals surface area contributed by atoms with Crippen LogP contribution in [0.5, 0.6) is 0 Å². The molecule has 0 aromatic carbocycles. The van der Waals surface area contributed by atoms with Crippen molar-refractivity contribution in [1.29, 1.82) is 0 Å². The summed E-state index contributed by atoms with van der Waals surface area (Å²) >= 11 is 0. The molecule has 2 heterocycles. The van der Waals surface area contributed by atoms with E-state index >= 15 is 0 Å². The van der Waals surface area contributed by atoms with Crippen LogP contribution in [-0.4, -0.2) is 26.7 Å². The standard InChI is InChI=1S/C11H15N3O2/c1-11(2)3-9(15)14(10(16)4-11)6-8-5-12-7-13-8/h5,7H,3-4,6H2,1-2H3,(H,12,13). The minimum Gasteiger partial charge on any atom is -0.347 e. The number of imide groups is 1. The molecule has 1 aliphatic heterocycles. The van der Waals surface area contributed by atoms with Crippen molar-refractivity contribution in [1.82, 2.24) is 14.9 Å². The molecule has 0 unspecified atom stereocenters. The molecule has 0 saturated carbocycles. The SMILES string of the molecule is CC1(C)CC(=O)N(Cc2cnc[nH]2)C(=O)C1. The van der Waals surface area contributed by atoms with Gasteiger partial charge in [-0.1, -0.05) is 13.8 Å². The lowest BCUT2D eigenvalue weighted by molar-refractivity contribution is -0.153. The average Bonchev–Trinajstić information content (AvgIpc) is 2.62. The molecule has 0 spiro atoms. The molecular weight excluding hydrogens is 206 g/mol. The summed E-state index contributed by atoms with van der Waals surface area (Å²) in [6, 6.07) is 0. The number of hydrogen-bond donors (Lipinski definition) is 1. The van der Waals surface area contributed by atoms with Gasteiger partial charge in [-0.05, 0) is 5.41 Å². The molecule has 5 heteroatoms. The highest BCUT2D eigenvalue weighted by atomic mass is 16.2. The van der Waals surface area contributed by atoms with E-state index in [9.17, 15) is 9.59 Å². The van der Waals surface area contributed by atoms with E-state index in [4.69, 9.17) is 0 Å². The highest BCUT2D eigenvalue weighted by Crippen LogP contribution is 2.31. The van der Waals surface area contributed by atoms with Crippen LogP contribution >= 0.6 is 0 Å². The second-order valence-corrected chi connectivity index (χ2v) is 4.97. The number of carbonyl (C=O) groups excluding carboxylic acids is 2. The number of nitrogens with zero attached hydrogens (tertiary/aromatic N) is 2. The minimum absolute atomic E-state index is 0.101. The van der Waals surface area contributed by atoms with Gasteiger partial charge in [-0.2, -0.15) is 0 Å². The molecule has 0 atom stereocenters. The second kappa shape index (κ2) is 3.73. The smallest absolute Gasteiger partial charge is 0.230 e. The monoisotopic (exact) mass is 221 g/mol. The van der Waals surface area contributed by atoms with E-state index in [1.807, 2.05) is 13.8 Å². The molecule has 1 N–H and O–H groups in total. The number of likely N-dealkylation sites (tertiary alicyclic amines) is 1. The summed E-state index contributed by atoms with van der Waals surface area (Å²) in [7, 11) is 0. The van der Waals surface area contributed by atoms with Crippen LogP contribution in [0.2, 0.25) is 0 Å². The highest BCUT2D eigenvalue weighted by Gasteiger charge is 2.37. The predicted molar refractivity (Wildman–Crippen MR) is 57.2 cm³/mol. The zero-order chi connectivity index (χ0) is 11.8. The maximum atomic E-state index is 11.8. The van der Waals surface area contributed by atoms with Crippen LogP contribution in [0.4, 0.5) is 0 Å². The van der Waals surface area contributed by atoms with Crippen LogP contribution in [0.1, 0.15) is 32.4 Å². The third kappa shape index (κ3) is 2.13. The lowest BCUT2D eigenvalue weighted by Gasteiger charge is -2.34. The van der Waals surface area contributed by atoms with E-state index < -0.39 is 0 Å². The number of carbonyl (C=O) groups is 2. The maximum Gasteiger partial charge on any atom is 0.230 e. The molecular formula is C11H15N3O2. The van der Waals surface area contributed by atoms with Gasteiger partial charge in [0.15, 0.2) is 0 Å². The van der Waals surface area contributed by atoms with Crippen molar-refractivity contribution in [2.24, 2.45) is 5.41 Å². The predicted octanol–water partition coefficient (Wildman–Crippen LogP) is 1.08. The molecule has 86 valence electrons. The van der Waals surface area contributed by atoms with Crippen molar-refractivity contribution in [2.45, 2.75) is 33.2 Å². The Labute approximate surface area is 93.9 Å². The normalized spacial score (nSPS) is 20.2. The summed E-state index contributed by atoms with van der Waals surface area (Å²) < 4.78 is 0. The fraction of sp³-hybridized carbons (Fsp3) is 0.545. The Balaban J connectivity index is 2.11. The van der Waals surface area contributed by atoms with E-state index in [1.165, 1.54) is 11.2 Å². The van der Waals surface area contributed by atoms with Crippen molar-refractivity contribution in [3.63, 3.8) is 0 Å². The summed E-state index contributed by atoms with van der Waals surface area (Å²) in [5.41, 5.74) is 0.569. The summed E-state index contributed by atoms with van der Waals surface area (Å²) in [5, 5.41) is 0. The van der Waals surface area contributed by atoms with Gasteiger partial charge in [0, 0.05) is 19.0 Å². The highest BCUT2D eigenvalue weighted by molar-refractivity contribution is 5.98. The number of imidazole rings is 1. The Bertz CT molecular complexity index is 389. The number of aromatic amines is 1. The molecule has 1 saturated heterocycles. The first-order chi connectivity index (χ1) is 7.48. The second-order valence-electron chi connectivity index (χ2n) is 4.97. The van der Waals surface area contributed by atoms with Crippen molar-refractivity contribution >= 4 is 11.8 Å². The van der Waals surface area contributed by atoms with Gasteiger partial charge in [0.25, 0.3) is 0 Å². The number of rotatable bonds is 2. The van der Waals surface area contributed by atoms with E-state index in [2.05, 4.69) is 9.97 Å². The molecule has 5 nitrogen and oxygen atoms in total. The third-order valence-electron chi connectivity index (χ3n) is 2.74. The zero-order valence-electron chi connectivity index (χ0n) is 9.49. The van der Waals surface area contributed by atoms with Crippen molar-refractivity contribution < 1.29 is 9.59 Å². The van der Waals surface area contributed by atoms with E-state index in [-0.39, 0.29) is 17.2 Å². The number of aromatic nitrogens is 2. The Morgan fingerprint density at radius 3 is 2.50 bits per heavy atom. The van der Waals surface area contributed by atoms with Crippen LogP contribution in [0, 0.1) is 5.41 Å². The lowest BCUT2D eigenvalue weighted by atomic mass is 9.82. The lowest BCUT2D eigenvalue weighted by Crippen LogP contribution is -2.45. The molecule has 16 heavy (non-hydrogen) atoms. The van der Waals surface area contributed by atoms with Gasteiger partial charge in [-0.25, -0.2) is 4.98 Å². The van der Waals surface area contributed by atoms with Crippen LogP contribution in [-0.2, 0) is 16.1 Å². The van der Waals surface area contributed by atoms with Crippen LogP contribution < -0.4 is 0 Å². The van der Waals surface area contributed by atoms with Gasteiger partial charge in [0.05, 0.1) is 18.6 Å². The number of nitrogens with one attached hydrogen (secondary N) is 1. The molecule has 2 rings (SSSR count). The molecule has 2 amide bonds. The quantitative estimate of drug-likeness (QED) is 0.760. The largest absolute Gasteiger partial charge is 0.347 e. The fourth-order valence-electron chi connectivity index (χ4n) is 1.93. The van der Waals surface area contributed by atoms with Crippen molar-refractivity contribution in [2.75, 3.05) is 0 Å². The van der Waals surface area contributed by atoms with E-state index in [0.29, 0.717) is 19.4 Å². The Kier molecular flexibility index (Phi) is 2.53. The summed E-state index contributed by atoms with van der Waals surface area (Å²) in [5.74, 6) is -0.202. The van der Waals surface area contributed by atoms with Gasteiger partial charge < -0.3 is 4.98 Å². The van der Waals surface area contributed by atoms with Crippen LogP contribution in [0.3, 0.4) is 0 Å². The van der Waals surface area contributed by atoms with Gasteiger partial charge in [-0.3, -0.25) is 14.5 Å². The summed E-state index contributed by atoms with van der Waals surface area (Å²) in [6.07, 6.45) is 4.01. The van der Waals surface area contributed by atoms with Gasteiger partial charge in [0.1, 0.15) is 0 Å². The summed E-state index contributed by atoms with van der Waals surface area (Å²) in [6.45, 7) is 4.18. The maximum absolute atomic E-state index is 11.8. The molecule has 0 aliphatic carbocycles. The van der Waals surface area contributed by atoms with E-state index in [1.54, 1.807) is 6.20 Å². The van der Waals surface area contributed by atoms with Crippen LogP contribution in [0.15, 0.2) is 12.5 Å². The summed E-state index contributed by atoms with van der Waals surface area (Å²) in [4.78, 5) is 31.7. The van der Waals surface area contributed by atoms with E-state index in [0.717, 1.165) is 5.69 Å². The number of hydrogen-bond acceptors (Lipinski definition) is 3. The van der Waals surface area contributed by atoms with Gasteiger partial charge in [-0.15, -0.1) is 0 Å². The molecule has 1 fully saturated rings. The Morgan fingerprint density at radius 2 is 2.00 bits per heavy atom. The molecule has 1 aromatic heterocycles. The fourth-order valence-corrected chi connectivity index (χ4v) is 1.93. The van der Waals surface area contributed by atoms with Crippen molar-refractivity contribution in [3.8, 4) is 0 Å². The molecule has 1 aromatic rings. The minimum atomic E-state index is -0.210. The number of piperidine rings is 1. The van der Waals surface area contributed by atoms with Crippen molar-refractivity contribution in [3.05, 3.63) is 18.2 Å². The Hall–Kier alpha value is -1.65. The van der Waals surface area contributed by atoms with Crippen LogP contribution in [0.25, 0.3) is 0 Å².